The highest BCUT2D eigenvalue weighted by atomic mass is 16.5. The van der Waals surface area contributed by atoms with Crippen LogP contribution in [-0.4, -0.2) is 60.0 Å². The van der Waals surface area contributed by atoms with Gasteiger partial charge in [0.25, 0.3) is 5.91 Å². The molecule has 0 unspecified atom stereocenters. The van der Waals surface area contributed by atoms with E-state index in [4.69, 9.17) is 15.2 Å². The zero-order chi connectivity index (χ0) is 13.9. The number of carbonyl (C=O) groups excluding carboxylic acids is 1. The second-order valence-electron chi connectivity index (χ2n) is 4.99. The Morgan fingerprint density at radius 2 is 2.05 bits per heavy atom. The number of nitrogens with zero attached hydrogens (tertiary/aromatic N) is 3. The van der Waals surface area contributed by atoms with Gasteiger partial charge in [0, 0.05) is 37.3 Å². The van der Waals surface area contributed by atoms with E-state index in [1.807, 2.05) is 4.68 Å². The topological polar surface area (TPSA) is 82.6 Å². The van der Waals surface area contributed by atoms with Gasteiger partial charge in [-0.05, 0) is 0 Å². The molecule has 20 heavy (non-hydrogen) atoms. The molecule has 1 amide bonds. The normalized spacial score (nSPS) is 18.9. The fraction of sp³-hybridized carbons (Fsp3) is 0.692. The average molecular weight is 280 g/mol. The Hall–Kier alpha value is -1.44. The lowest BCUT2D eigenvalue weighted by atomic mass is 10.1. The molecule has 3 rings (SSSR count). The van der Waals surface area contributed by atoms with Crippen molar-refractivity contribution in [1.82, 2.24) is 14.7 Å². The smallest absolute Gasteiger partial charge is 0.274 e. The van der Waals surface area contributed by atoms with Crippen molar-refractivity contribution in [3.8, 4) is 0 Å². The first-order valence-corrected chi connectivity index (χ1v) is 7.04. The molecule has 7 nitrogen and oxygen atoms in total. The molecule has 1 aromatic heterocycles. The Balaban J connectivity index is 1.89. The maximum absolute atomic E-state index is 12.6. The Labute approximate surface area is 117 Å². The van der Waals surface area contributed by atoms with Gasteiger partial charge < -0.3 is 20.1 Å². The minimum atomic E-state index is -0.0224. The van der Waals surface area contributed by atoms with Crippen LogP contribution in [0.5, 0.6) is 0 Å². The van der Waals surface area contributed by atoms with Crippen molar-refractivity contribution in [2.24, 2.45) is 5.73 Å². The molecule has 1 fully saturated rings. The van der Waals surface area contributed by atoms with E-state index in [0.29, 0.717) is 58.3 Å². The molecule has 0 bridgehead atoms. The second-order valence-corrected chi connectivity index (χ2v) is 4.99. The van der Waals surface area contributed by atoms with Gasteiger partial charge >= 0.3 is 0 Å². The number of nitrogens with two attached hydrogens (primary N) is 1. The van der Waals surface area contributed by atoms with E-state index in [2.05, 4.69) is 5.10 Å². The Kier molecular flexibility index (Phi) is 4.00. The number of aromatic nitrogens is 2. The van der Waals surface area contributed by atoms with Gasteiger partial charge in [-0.2, -0.15) is 5.10 Å². The van der Waals surface area contributed by atoms with E-state index < -0.39 is 0 Å². The summed E-state index contributed by atoms with van der Waals surface area (Å²) in [6.45, 7) is 4.72. The molecule has 2 aliphatic rings. The van der Waals surface area contributed by atoms with Crippen LogP contribution in [0.2, 0.25) is 0 Å². The van der Waals surface area contributed by atoms with Crippen molar-refractivity contribution >= 4 is 5.91 Å². The van der Waals surface area contributed by atoms with Crippen LogP contribution in [0.15, 0.2) is 0 Å². The first-order valence-electron chi connectivity index (χ1n) is 7.04. The lowest BCUT2D eigenvalue weighted by molar-refractivity contribution is 0.0294. The summed E-state index contributed by atoms with van der Waals surface area (Å²) in [7, 11) is 0. The zero-order valence-electron chi connectivity index (χ0n) is 11.5. The molecule has 0 atom stereocenters. The molecule has 7 heteroatoms. The molecule has 0 aromatic carbocycles. The van der Waals surface area contributed by atoms with Gasteiger partial charge in [0.1, 0.15) is 0 Å². The fourth-order valence-corrected chi connectivity index (χ4v) is 2.70. The van der Waals surface area contributed by atoms with Crippen LogP contribution in [0.4, 0.5) is 0 Å². The standard InChI is InChI=1S/C13H20N4O3/c14-2-3-17-11-1-6-20-9-10(11)12(15-17)13(18)16-4-7-19-8-5-16/h1-9,14H2. The average Bonchev–Trinajstić information content (AvgIpc) is 2.87. The van der Waals surface area contributed by atoms with Gasteiger partial charge in [-0.1, -0.05) is 0 Å². The van der Waals surface area contributed by atoms with Crippen LogP contribution in [0.1, 0.15) is 21.7 Å². The van der Waals surface area contributed by atoms with Gasteiger partial charge in [0.05, 0.1) is 33.0 Å². The number of carbonyl (C=O) groups is 1. The summed E-state index contributed by atoms with van der Waals surface area (Å²) >= 11 is 0. The van der Waals surface area contributed by atoms with Crippen LogP contribution >= 0.6 is 0 Å². The van der Waals surface area contributed by atoms with Crippen molar-refractivity contribution in [2.75, 3.05) is 39.5 Å². The predicted octanol–water partition coefficient (Wildman–Crippen LogP) is -0.613. The first kappa shape index (κ1) is 13.5. The van der Waals surface area contributed by atoms with E-state index in [0.717, 1.165) is 17.7 Å². The summed E-state index contributed by atoms with van der Waals surface area (Å²) in [5.41, 5.74) is 8.17. The highest BCUT2D eigenvalue weighted by Gasteiger charge is 2.28. The van der Waals surface area contributed by atoms with Crippen LogP contribution in [-0.2, 0) is 29.0 Å². The van der Waals surface area contributed by atoms with Crippen molar-refractivity contribution < 1.29 is 14.3 Å². The molecular weight excluding hydrogens is 260 g/mol. The number of hydrogen-bond donors (Lipinski definition) is 1. The lowest BCUT2D eigenvalue weighted by Crippen LogP contribution is -2.41. The number of ether oxygens (including phenoxy) is 2. The third kappa shape index (κ3) is 2.44. The van der Waals surface area contributed by atoms with Crippen LogP contribution in [0.25, 0.3) is 0 Å². The molecule has 1 saturated heterocycles. The molecular formula is C13H20N4O3. The zero-order valence-corrected chi connectivity index (χ0v) is 11.5. The van der Waals surface area contributed by atoms with E-state index in [1.54, 1.807) is 4.90 Å². The van der Waals surface area contributed by atoms with E-state index in [-0.39, 0.29) is 5.91 Å². The third-order valence-electron chi connectivity index (χ3n) is 3.74. The van der Waals surface area contributed by atoms with Gasteiger partial charge in [0.15, 0.2) is 5.69 Å². The van der Waals surface area contributed by atoms with Crippen LogP contribution < -0.4 is 5.73 Å². The van der Waals surface area contributed by atoms with Crippen molar-refractivity contribution in [1.29, 1.82) is 0 Å². The predicted molar refractivity (Wildman–Crippen MR) is 71.4 cm³/mol. The monoisotopic (exact) mass is 280 g/mol. The fourth-order valence-electron chi connectivity index (χ4n) is 2.70. The van der Waals surface area contributed by atoms with Crippen LogP contribution in [0, 0.1) is 0 Å². The van der Waals surface area contributed by atoms with Crippen molar-refractivity contribution in [3.05, 3.63) is 17.0 Å². The molecule has 2 aliphatic heterocycles. The first-order chi connectivity index (χ1) is 9.81. The number of rotatable bonds is 3. The summed E-state index contributed by atoms with van der Waals surface area (Å²) < 4.78 is 12.6. The van der Waals surface area contributed by atoms with E-state index in [1.165, 1.54) is 0 Å². The minimum Gasteiger partial charge on any atom is -0.378 e. The summed E-state index contributed by atoms with van der Waals surface area (Å²) in [6.07, 6.45) is 0.790. The minimum absolute atomic E-state index is 0.0224. The van der Waals surface area contributed by atoms with Crippen molar-refractivity contribution in [3.63, 3.8) is 0 Å². The van der Waals surface area contributed by atoms with Gasteiger partial charge in [0.2, 0.25) is 0 Å². The molecule has 1 aromatic rings. The third-order valence-corrected chi connectivity index (χ3v) is 3.74. The van der Waals surface area contributed by atoms with E-state index >= 15 is 0 Å². The summed E-state index contributed by atoms with van der Waals surface area (Å²) in [5.74, 6) is -0.0224. The van der Waals surface area contributed by atoms with Crippen LogP contribution in [0.3, 0.4) is 0 Å². The number of amides is 1. The summed E-state index contributed by atoms with van der Waals surface area (Å²) in [4.78, 5) is 14.4. The summed E-state index contributed by atoms with van der Waals surface area (Å²) in [5, 5.41) is 4.48. The molecule has 110 valence electrons. The Morgan fingerprint density at radius 1 is 1.25 bits per heavy atom. The molecule has 0 radical (unpaired) electrons. The van der Waals surface area contributed by atoms with E-state index in [9.17, 15) is 4.79 Å². The van der Waals surface area contributed by atoms with Gasteiger partial charge in [-0.3, -0.25) is 9.48 Å². The summed E-state index contributed by atoms with van der Waals surface area (Å²) in [6, 6.07) is 0. The van der Waals surface area contributed by atoms with Gasteiger partial charge in [-0.15, -0.1) is 0 Å². The molecule has 0 saturated carbocycles. The molecule has 2 N–H and O–H groups in total. The quantitative estimate of drug-likeness (QED) is 0.798. The number of morpholine rings is 1. The SMILES string of the molecule is NCCn1nc(C(=O)N2CCOCC2)c2c1CCOC2. The highest BCUT2D eigenvalue weighted by Crippen LogP contribution is 2.22. The van der Waals surface area contributed by atoms with Gasteiger partial charge in [-0.25, -0.2) is 0 Å². The maximum Gasteiger partial charge on any atom is 0.274 e. The number of hydrogen-bond acceptors (Lipinski definition) is 5. The molecule has 0 spiro atoms. The number of fused-ring (bicyclic) bond motifs is 1. The molecule has 0 aliphatic carbocycles. The Morgan fingerprint density at radius 3 is 2.80 bits per heavy atom. The Bertz CT molecular complexity index is 494. The largest absolute Gasteiger partial charge is 0.378 e. The van der Waals surface area contributed by atoms with Crippen molar-refractivity contribution in [2.45, 2.75) is 19.6 Å². The molecule has 3 heterocycles. The highest BCUT2D eigenvalue weighted by molar-refractivity contribution is 5.94. The maximum atomic E-state index is 12.6. The second kappa shape index (κ2) is 5.90. The lowest BCUT2D eigenvalue weighted by Gasteiger charge is -2.26.